The molecule has 0 fully saturated rings. The maximum atomic E-state index is 11.6. The fraction of sp³-hybridized carbons (Fsp3) is 0.214. The molecular weight excluding hydrogens is 230 g/mol. The van der Waals surface area contributed by atoms with Gasteiger partial charge in [-0.05, 0) is 32.1 Å². The smallest absolute Gasteiger partial charge is 0.244 e. The Morgan fingerprint density at radius 3 is 2.89 bits per heavy atom. The minimum Gasteiger partial charge on any atom is -0.472 e. The maximum Gasteiger partial charge on any atom is 0.244 e. The largest absolute Gasteiger partial charge is 0.472 e. The Labute approximate surface area is 105 Å². The number of amides is 1. The van der Waals surface area contributed by atoms with Crippen LogP contribution in [0.15, 0.2) is 39.6 Å². The van der Waals surface area contributed by atoms with Crippen molar-refractivity contribution in [1.29, 1.82) is 0 Å². The van der Waals surface area contributed by atoms with Crippen molar-refractivity contribution >= 4 is 12.0 Å². The monoisotopic (exact) mass is 245 g/mol. The molecule has 0 saturated heterocycles. The highest BCUT2D eigenvalue weighted by atomic mass is 16.3. The third-order valence-corrected chi connectivity index (χ3v) is 2.57. The number of nitrogens with one attached hydrogen (secondary N) is 1. The van der Waals surface area contributed by atoms with Gasteiger partial charge in [0.2, 0.25) is 5.91 Å². The van der Waals surface area contributed by atoms with Crippen LogP contribution in [-0.2, 0) is 11.3 Å². The second-order valence-electron chi connectivity index (χ2n) is 4.05. The number of hydrogen-bond donors (Lipinski definition) is 1. The van der Waals surface area contributed by atoms with Crippen LogP contribution in [0, 0.1) is 13.8 Å². The van der Waals surface area contributed by atoms with E-state index < -0.39 is 0 Å². The van der Waals surface area contributed by atoms with E-state index in [4.69, 9.17) is 8.83 Å². The van der Waals surface area contributed by atoms with Gasteiger partial charge in [0.1, 0.15) is 11.5 Å². The molecule has 1 amide bonds. The van der Waals surface area contributed by atoms with Crippen molar-refractivity contribution in [3.63, 3.8) is 0 Å². The lowest BCUT2D eigenvalue weighted by Crippen LogP contribution is -2.20. The fourth-order valence-corrected chi connectivity index (χ4v) is 1.64. The van der Waals surface area contributed by atoms with E-state index in [9.17, 15) is 4.79 Å². The Balaban J connectivity index is 1.87. The molecule has 2 aromatic rings. The first-order valence-corrected chi connectivity index (χ1v) is 5.69. The summed E-state index contributed by atoms with van der Waals surface area (Å²) in [6.07, 6.45) is 6.32. The molecule has 2 heterocycles. The summed E-state index contributed by atoms with van der Waals surface area (Å²) in [7, 11) is 0. The van der Waals surface area contributed by atoms with Crippen LogP contribution in [0.25, 0.3) is 6.08 Å². The molecule has 0 saturated carbocycles. The summed E-state index contributed by atoms with van der Waals surface area (Å²) >= 11 is 0. The van der Waals surface area contributed by atoms with Crippen LogP contribution in [0.1, 0.15) is 22.6 Å². The predicted octanol–water partition coefficient (Wildman–Crippen LogP) is 2.82. The minimum absolute atomic E-state index is 0.144. The van der Waals surface area contributed by atoms with Gasteiger partial charge in [-0.2, -0.15) is 0 Å². The van der Waals surface area contributed by atoms with Gasteiger partial charge in [-0.3, -0.25) is 4.79 Å². The van der Waals surface area contributed by atoms with E-state index >= 15 is 0 Å². The molecule has 18 heavy (non-hydrogen) atoms. The van der Waals surface area contributed by atoms with Gasteiger partial charge < -0.3 is 14.2 Å². The van der Waals surface area contributed by atoms with Crippen molar-refractivity contribution in [3.8, 4) is 0 Å². The zero-order valence-corrected chi connectivity index (χ0v) is 10.4. The van der Waals surface area contributed by atoms with Gasteiger partial charge in [0.25, 0.3) is 0 Å². The molecule has 0 aliphatic rings. The van der Waals surface area contributed by atoms with Crippen LogP contribution < -0.4 is 5.32 Å². The van der Waals surface area contributed by atoms with Gasteiger partial charge in [0, 0.05) is 23.7 Å². The van der Waals surface area contributed by atoms with Gasteiger partial charge in [-0.15, -0.1) is 0 Å². The van der Waals surface area contributed by atoms with Crippen molar-refractivity contribution in [2.45, 2.75) is 20.4 Å². The lowest BCUT2D eigenvalue weighted by atomic mass is 10.2. The Kier molecular flexibility index (Phi) is 3.67. The Morgan fingerprint density at radius 1 is 1.44 bits per heavy atom. The van der Waals surface area contributed by atoms with Gasteiger partial charge in [-0.1, -0.05) is 0 Å². The third-order valence-electron chi connectivity index (χ3n) is 2.57. The summed E-state index contributed by atoms with van der Waals surface area (Å²) in [6.45, 7) is 4.24. The molecule has 0 aromatic carbocycles. The number of furan rings is 2. The highest BCUT2D eigenvalue weighted by Gasteiger charge is 2.05. The minimum atomic E-state index is -0.144. The molecule has 0 unspecified atom stereocenters. The molecule has 0 atom stereocenters. The summed E-state index contributed by atoms with van der Waals surface area (Å²) in [6, 6.07) is 3.71. The van der Waals surface area contributed by atoms with Crippen molar-refractivity contribution in [2.75, 3.05) is 0 Å². The molecule has 2 aromatic heterocycles. The number of aryl methyl sites for hydroxylation is 2. The van der Waals surface area contributed by atoms with Crippen molar-refractivity contribution < 1.29 is 13.6 Å². The van der Waals surface area contributed by atoms with Gasteiger partial charge in [-0.25, -0.2) is 0 Å². The van der Waals surface area contributed by atoms with Crippen LogP contribution in [-0.4, -0.2) is 5.91 Å². The highest BCUT2D eigenvalue weighted by Crippen LogP contribution is 2.13. The third kappa shape index (κ3) is 3.13. The number of carbonyl (C=O) groups is 1. The summed E-state index contributed by atoms with van der Waals surface area (Å²) in [4.78, 5) is 11.6. The lowest BCUT2D eigenvalue weighted by Gasteiger charge is -1.99. The van der Waals surface area contributed by atoms with Crippen LogP contribution in [0.3, 0.4) is 0 Å². The molecule has 94 valence electrons. The lowest BCUT2D eigenvalue weighted by molar-refractivity contribution is -0.116. The van der Waals surface area contributed by atoms with E-state index in [2.05, 4.69) is 5.32 Å². The van der Waals surface area contributed by atoms with E-state index in [-0.39, 0.29) is 5.91 Å². The average Bonchev–Trinajstić information content (AvgIpc) is 2.94. The maximum absolute atomic E-state index is 11.6. The quantitative estimate of drug-likeness (QED) is 0.843. The first-order valence-electron chi connectivity index (χ1n) is 5.69. The molecule has 4 heteroatoms. The van der Waals surface area contributed by atoms with Crippen molar-refractivity contribution in [2.24, 2.45) is 0 Å². The van der Waals surface area contributed by atoms with E-state index in [1.165, 1.54) is 6.08 Å². The summed E-state index contributed by atoms with van der Waals surface area (Å²) in [5.41, 5.74) is 1.86. The topological polar surface area (TPSA) is 55.4 Å². The molecule has 0 bridgehead atoms. The molecule has 2 rings (SSSR count). The molecule has 4 nitrogen and oxygen atoms in total. The van der Waals surface area contributed by atoms with E-state index in [1.807, 2.05) is 19.9 Å². The van der Waals surface area contributed by atoms with Crippen LogP contribution in [0.5, 0.6) is 0 Å². The zero-order valence-electron chi connectivity index (χ0n) is 10.4. The van der Waals surface area contributed by atoms with Gasteiger partial charge in [0.15, 0.2) is 0 Å². The number of hydrogen-bond acceptors (Lipinski definition) is 3. The highest BCUT2D eigenvalue weighted by molar-refractivity contribution is 5.91. The van der Waals surface area contributed by atoms with Crippen LogP contribution in [0.2, 0.25) is 0 Å². The van der Waals surface area contributed by atoms with Crippen LogP contribution >= 0.6 is 0 Å². The predicted molar refractivity (Wildman–Crippen MR) is 67.8 cm³/mol. The van der Waals surface area contributed by atoms with E-state index in [1.54, 1.807) is 24.7 Å². The second-order valence-corrected chi connectivity index (χ2v) is 4.05. The molecule has 1 N–H and O–H groups in total. The van der Waals surface area contributed by atoms with Gasteiger partial charge in [0.05, 0.1) is 12.5 Å². The normalized spacial score (nSPS) is 11.0. The SMILES string of the molecule is Cc1cc(CNC(=O)/C=C/c2ccoc2)c(C)o1. The summed E-state index contributed by atoms with van der Waals surface area (Å²) in [5.74, 6) is 1.55. The molecule has 0 radical (unpaired) electrons. The molecule has 0 aliphatic carbocycles. The first kappa shape index (κ1) is 12.2. The summed E-state index contributed by atoms with van der Waals surface area (Å²) < 4.78 is 10.3. The van der Waals surface area contributed by atoms with Crippen LogP contribution in [0.4, 0.5) is 0 Å². The summed E-state index contributed by atoms with van der Waals surface area (Å²) in [5, 5.41) is 2.80. The van der Waals surface area contributed by atoms with Crippen molar-refractivity contribution in [1.82, 2.24) is 5.32 Å². The molecule has 0 aliphatic heterocycles. The fourth-order valence-electron chi connectivity index (χ4n) is 1.64. The van der Waals surface area contributed by atoms with E-state index in [0.717, 1.165) is 22.6 Å². The number of rotatable bonds is 4. The standard InChI is InChI=1S/C14H15NO3/c1-10-7-13(11(2)18-10)8-15-14(16)4-3-12-5-6-17-9-12/h3-7,9H,8H2,1-2H3,(H,15,16)/b4-3+. The Hall–Kier alpha value is -2.23. The average molecular weight is 245 g/mol. The Morgan fingerprint density at radius 2 is 2.28 bits per heavy atom. The first-order chi connectivity index (χ1) is 8.65. The van der Waals surface area contributed by atoms with Crippen molar-refractivity contribution in [3.05, 3.63) is 53.4 Å². The Bertz CT molecular complexity index is 550. The van der Waals surface area contributed by atoms with E-state index in [0.29, 0.717) is 6.54 Å². The second kappa shape index (κ2) is 5.40. The number of carbonyl (C=O) groups excluding carboxylic acids is 1. The molecular formula is C14H15NO3. The van der Waals surface area contributed by atoms with Gasteiger partial charge >= 0.3 is 0 Å². The molecule has 0 spiro atoms. The zero-order chi connectivity index (χ0) is 13.0.